The average molecular weight is 543 g/mol. The molecule has 0 amide bonds. The van der Waals surface area contributed by atoms with E-state index in [1.807, 2.05) is 6.07 Å². The molecule has 0 aliphatic carbocycles. The Hall–Kier alpha value is -0.940. The standard InChI is InChI=1S/C17H24BrFN4O2.HI/c1-20-17(21-6-5-16(24)25-2)23-9-7-22(8-10-23)12-13-3-4-14(18)15(19)11-13;/h3-4,11H,5-10,12H2,1-2H3,(H,20,21);1H. The molecule has 1 aromatic carbocycles. The largest absolute Gasteiger partial charge is 0.469 e. The zero-order chi connectivity index (χ0) is 18.2. The van der Waals surface area contributed by atoms with Crippen molar-refractivity contribution in [2.75, 3.05) is 46.9 Å². The second kappa shape index (κ2) is 11.7. The summed E-state index contributed by atoms with van der Waals surface area (Å²) in [7, 11) is 3.12. The number of nitrogens with one attached hydrogen (secondary N) is 1. The minimum Gasteiger partial charge on any atom is -0.469 e. The number of methoxy groups -OCH3 is 1. The molecule has 1 aliphatic heterocycles. The number of carbonyl (C=O) groups is 1. The van der Waals surface area contributed by atoms with Gasteiger partial charge in [-0.3, -0.25) is 14.7 Å². The number of halogens is 3. The van der Waals surface area contributed by atoms with Crippen LogP contribution in [-0.2, 0) is 16.1 Å². The van der Waals surface area contributed by atoms with Crippen LogP contribution in [0.15, 0.2) is 27.7 Å². The van der Waals surface area contributed by atoms with Gasteiger partial charge >= 0.3 is 5.97 Å². The molecule has 26 heavy (non-hydrogen) atoms. The van der Waals surface area contributed by atoms with Crippen LogP contribution in [0.3, 0.4) is 0 Å². The van der Waals surface area contributed by atoms with Gasteiger partial charge in [0.25, 0.3) is 0 Å². The van der Waals surface area contributed by atoms with E-state index in [0.29, 0.717) is 17.4 Å². The highest BCUT2D eigenvalue weighted by Gasteiger charge is 2.20. The van der Waals surface area contributed by atoms with E-state index in [4.69, 9.17) is 0 Å². The maximum Gasteiger partial charge on any atom is 0.307 e. The van der Waals surface area contributed by atoms with Crippen LogP contribution in [-0.4, -0.2) is 68.6 Å². The third kappa shape index (κ3) is 6.99. The average Bonchev–Trinajstić information content (AvgIpc) is 2.62. The molecule has 0 saturated carbocycles. The predicted octanol–water partition coefficient (Wildman–Crippen LogP) is 2.46. The van der Waals surface area contributed by atoms with Crippen molar-refractivity contribution in [3.05, 3.63) is 34.1 Å². The summed E-state index contributed by atoms with van der Waals surface area (Å²) in [5.74, 6) is 0.319. The van der Waals surface area contributed by atoms with E-state index >= 15 is 0 Å². The van der Waals surface area contributed by atoms with E-state index in [1.165, 1.54) is 7.11 Å². The molecule has 1 aliphatic rings. The Morgan fingerprint density at radius 3 is 2.62 bits per heavy atom. The first-order chi connectivity index (χ1) is 12.0. The quantitative estimate of drug-likeness (QED) is 0.268. The molecule has 0 aromatic heterocycles. The van der Waals surface area contributed by atoms with E-state index < -0.39 is 0 Å². The van der Waals surface area contributed by atoms with Gasteiger partial charge in [-0.2, -0.15) is 0 Å². The van der Waals surface area contributed by atoms with Crippen molar-refractivity contribution < 1.29 is 13.9 Å². The van der Waals surface area contributed by atoms with Crippen molar-refractivity contribution in [3.63, 3.8) is 0 Å². The second-order valence-electron chi connectivity index (χ2n) is 5.81. The van der Waals surface area contributed by atoms with Crippen LogP contribution in [0.4, 0.5) is 4.39 Å². The van der Waals surface area contributed by atoms with E-state index in [1.54, 1.807) is 19.2 Å². The topological polar surface area (TPSA) is 57.2 Å². The molecule has 0 unspecified atom stereocenters. The fraction of sp³-hybridized carbons (Fsp3) is 0.529. The summed E-state index contributed by atoms with van der Waals surface area (Å²) in [4.78, 5) is 19.9. The molecule has 146 valence electrons. The molecule has 0 radical (unpaired) electrons. The number of nitrogens with zero attached hydrogens (tertiary/aromatic N) is 3. The van der Waals surface area contributed by atoms with Gasteiger partial charge in [0.2, 0.25) is 0 Å². The van der Waals surface area contributed by atoms with Crippen molar-refractivity contribution >= 4 is 51.8 Å². The van der Waals surface area contributed by atoms with Gasteiger partial charge in [-0.05, 0) is 33.6 Å². The summed E-state index contributed by atoms with van der Waals surface area (Å²) in [5.41, 5.74) is 0.967. The van der Waals surface area contributed by atoms with Crippen molar-refractivity contribution in [2.24, 2.45) is 4.99 Å². The maximum atomic E-state index is 13.6. The highest BCUT2D eigenvalue weighted by Crippen LogP contribution is 2.18. The van der Waals surface area contributed by atoms with Crippen LogP contribution < -0.4 is 5.32 Å². The summed E-state index contributed by atoms with van der Waals surface area (Å²) in [6.07, 6.45) is 0.310. The molecule has 1 heterocycles. The molecule has 9 heteroatoms. The van der Waals surface area contributed by atoms with Crippen LogP contribution in [0.2, 0.25) is 0 Å². The van der Waals surface area contributed by atoms with E-state index in [2.05, 4.69) is 40.8 Å². The number of hydrogen-bond donors (Lipinski definition) is 1. The lowest BCUT2D eigenvalue weighted by atomic mass is 10.2. The molecule has 1 N–H and O–H groups in total. The Morgan fingerprint density at radius 1 is 1.35 bits per heavy atom. The van der Waals surface area contributed by atoms with Gasteiger partial charge in [-0.25, -0.2) is 4.39 Å². The number of carbonyl (C=O) groups excluding carboxylic acids is 1. The van der Waals surface area contributed by atoms with Crippen LogP contribution >= 0.6 is 39.9 Å². The first kappa shape index (κ1) is 23.1. The first-order valence-corrected chi connectivity index (χ1v) is 9.01. The maximum absolute atomic E-state index is 13.6. The molecule has 1 saturated heterocycles. The zero-order valence-corrected chi connectivity index (χ0v) is 18.9. The Morgan fingerprint density at radius 2 is 2.04 bits per heavy atom. The summed E-state index contributed by atoms with van der Waals surface area (Å²) in [5, 5.41) is 3.18. The van der Waals surface area contributed by atoms with Gasteiger partial charge in [-0.1, -0.05) is 6.07 Å². The number of esters is 1. The Labute approximate surface area is 179 Å². The summed E-state index contributed by atoms with van der Waals surface area (Å²) >= 11 is 3.18. The number of rotatable bonds is 5. The zero-order valence-electron chi connectivity index (χ0n) is 15.0. The smallest absolute Gasteiger partial charge is 0.307 e. The summed E-state index contributed by atoms with van der Waals surface area (Å²) in [6, 6.07) is 5.25. The van der Waals surface area contributed by atoms with Gasteiger partial charge < -0.3 is 15.0 Å². The van der Waals surface area contributed by atoms with Gasteiger partial charge in [0, 0.05) is 46.3 Å². The lowest BCUT2D eigenvalue weighted by Gasteiger charge is -2.36. The number of aliphatic imine (C=N–C) groups is 1. The van der Waals surface area contributed by atoms with Crippen LogP contribution in [0.25, 0.3) is 0 Å². The highest BCUT2D eigenvalue weighted by atomic mass is 127. The molecule has 0 bridgehead atoms. The summed E-state index contributed by atoms with van der Waals surface area (Å²) < 4.78 is 18.7. The molecule has 6 nitrogen and oxygen atoms in total. The number of hydrogen-bond acceptors (Lipinski definition) is 4. The van der Waals surface area contributed by atoms with Gasteiger partial charge in [-0.15, -0.1) is 24.0 Å². The fourth-order valence-electron chi connectivity index (χ4n) is 2.72. The molecular formula is C17H25BrFIN4O2. The molecular weight excluding hydrogens is 518 g/mol. The lowest BCUT2D eigenvalue weighted by molar-refractivity contribution is -0.140. The Kier molecular flexibility index (Phi) is 10.4. The van der Waals surface area contributed by atoms with Crippen LogP contribution in [0.1, 0.15) is 12.0 Å². The Balaban J connectivity index is 0.00000338. The normalized spacial score (nSPS) is 15.4. The minimum absolute atomic E-state index is 0. The predicted molar refractivity (Wildman–Crippen MR) is 114 cm³/mol. The van der Waals surface area contributed by atoms with Gasteiger partial charge in [0.1, 0.15) is 5.82 Å². The molecule has 1 fully saturated rings. The number of piperazine rings is 1. The summed E-state index contributed by atoms with van der Waals surface area (Å²) in [6.45, 7) is 4.63. The number of benzene rings is 1. The molecule has 1 aromatic rings. The lowest BCUT2D eigenvalue weighted by Crippen LogP contribution is -2.52. The minimum atomic E-state index is -0.241. The third-order valence-corrected chi connectivity index (χ3v) is 4.76. The van der Waals surface area contributed by atoms with Gasteiger partial charge in [0.15, 0.2) is 5.96 Å². The first-order valence-electron chi connectivity index (χ1n) is 8.22. The van der Waals surface area contributed by atoms with Crippen molar-refractivity contribution in [1.29, 1.82) is 0 Å². The number of ether oxygens (including phenoxy) is 1. The highest BCUT2D eigenvalue weighted by molar-refractivity contribution is 14.0. The molecule has 0 atom stereocenters. The van der Waals surface area contributed by atoms with Crippen LogP contribution in [0, 0.1) is 5.82 Å². The van der Waals surface area contributed by atoms with Gasteiger partial charge in [0.05, 0.1) is 18.0 Å². The monoisotopic (exact) mass is 542 g/mol. The Bertz CT molecular complexity index is 625. The second-order valence-corrected chi connectivity index (χ2v) is 6.67. The molecule has 0 spiro atoms. The van der Waals surface area contributed by atoms with Crippen molar-refractivity contribution in [3.8, 4) is 0 Å². The van der Waals surface area contributed by atoms with Crippen LogP contribution in [0.5, 0.6) is 0 Å². The third-order valence-electron chi connectivity index (χ3n) is 4.11. The fourth-order valence-corrected chi connectivity index (χ4v) is 2.97. The van der Waals surface area contributed by atoms with E-state index in [0.717, 1.165) is 44.2 Å². The van der Waals surface area contributed by atoms with E-state index in [-0.39, 0.29) is 35.8 Å². The number of guanidine groups is 1. The van der Waals surface area contributed by atoms with E-state index in [9.17, 15) is 9.18 Å². The van der Waals surface area contributed by atoms with Crippen molar-refractivity contribution in [1.82, 2.24) is 15.1 Å². The SMILES string of the molecule is CN=C(NCCC(=O)OC)N1CCN(Cc2ccc(Br)c(F)c2)CC1.I. The van der Waals surface area contributed by atoms with Crippen molar-refractivity contribution in [2.45, 2.75) is 13.0 Å². The molecule has 2 rings (SSSR count).